The number of hydrogen-bond acceptors (Lipinski definition) is 7. The number of carbonyl (C=O) groups excluding carboxylic acids is 1. The minimum atomic E-state index is -1.44. The molecule has 2 unspecified atom stereocenters. The average molecular weight is 598 g/mol. The van der Waals surface area contributed by atoms with Gasteiger partial charge in [-0.3, -0.25) is 4.79 Å². The zero-order valence-electron chi connectivity index (χ0n) is 23.8. The van der Waals surface area contributed by atoms with Crippen LogP contribution in [0.25, 0.3) is 11.1 Å². The molecular formula is C31H33F2N3O7. The van der Waals surface area contributed by atoms with E-state index >= 15 is 0 Å². The summed E-state index contributed by atoms with van der Waals surface area (Å²) in [5.74, 6) is -7.03. The molecule has 1 aliphatic rings. The van der Waals surface area contributed by atoms with Crippen LogP contribution in [-0.4, -0.2) is 56.6 Å². The molecule has 2 heterocycles. The average Bonchev–Trinajstić information content (AvgIpc) is 2.98. The van der Waals surface area contributed by atoms with Crippen molar-refractivity contribution in [2.24, 2.45) is 11.7 Å². The summed E-state index contributed by atoms with van der Waals surface area (Å²) in [6.07, 6.45) is 0.228. The van der Waals surface area contributed by atoms with Crippen LogP contribution in [0.1, 0.15) is 55.5 Å². The molecule has 0 aliphatic carbocycles. The first-order chi connectivity index (χ1) is 20.5. The van der Waals surface area contributed by atoms with Gasteiger partial charge in [0, 0.05) is 24.7 Å². The summed E-state index contributed by atoms with van der Waals surface area (Å²) >= 11 is 0. The number of likely N-dealkylation sites (tertiary alicyclic amines) is 1. The van der Waals surface area contributed by atoms with Crippen molar-refractivity contribution in [2.45, 2.75) is 58.2 Å². The number of aliphatic carboxylic acids is 2. The minimum absolute atomic E-state index is 0.0488. The van der Waals surface area contributed by atoms with Crippen LogP contribution < -0.4 is 15.2 Å². The molecule has 0 bridgehead atoms. The Morgan fingerprint density at radius 1 is 1.02 bits per heavy atom. The maximum atomic E-state index is 14.9. The van der Waals surface area contributed by atoms with Gasteiger partial charge in [0.2, 0.25) is 0 Å². The molecule has 1 aliphatic heterocycles. The first-order valence-electron chi connectivity index (χ1n) is 13.9. The highest BCUT2D eigenvalue weighted by molar-refractivity contribution is 5.98. The molecule has 3 aromatic rings. The third-order valence-corrected chi connectivity index (χ3v) is 6.99. The fourth-order valence-corrected chi connectivity index (χ4v) is 4.89. The first kappa shape index (κ1) is 31.4. The fourth-order valence-electron chi connectivity index (χ4n) is 4.89. The molecule has 1 saturated heterocycles. The first-order valence-corrected chi connectivity index (χ1v) is 13.9. The molecule has 2 aromatic carbocycles. The number of aromatic nitrogens is 1. The molecule has 10 nitrogen and oxygen atoms in total. The Hall–Kier alpha value is -4.58. The molecule has 0 saturated carbocycles. The van der Waals surface area contributed by atoms with Gasteiger partial charge in [-0.05, 0) is 72.6 Å². The lowest BCUT2D eigenvalue weighted by atomic mass is 9.98. The van der Waals surface area contributed by atoms with E-state index in [0.717, 1.165) is 5.56 Å². The summed E-state index contributed by atoms with van der Waals surface area (Å²) in [5, 5.41) is 19.2. The van der Waals surface area contributed by atoms with Crippen LogP contribution >= 0.6 is 0 Å². The van der Waals surface area contributed by atoms with E-state index in [4.69, 9.17) is 15.2 Å². The van der Waals surface area contributed by atoms with Crippen LogP contribution in [0.2, 0.25) is 0 Å². The van der Waals surface area contributed by atoms with Crippen LogP contribution in [0.3, 0.4) is 0 Å². The number of nitrogens with two attached hydrogens (primary N) is 1. The number of nitrogens with zero attached hydrogens (tertiary/aromatic N) is 2. The van der Waals surface area contributed by atoms with Gasteiger partial charge in [-0.1, -0.05) is 32.0 Å². The van der Waals surface area contributed by atoms with Gasteiger partial charge < -0.3 is 30.3 Å². The standard InChI is InChI=1S/C31H33F2N3O7/c1-17(2)10-26(31(40)41)43-28-24(33)15-23(32)27(35-28)42-22-13-20(19-7-5-6-18(11-19)16-34)12-21(14-22)29(37)36-9-4-3-8-25(36)30(38)39/h5-7,11-15,17,25-26H,3-4,8-10,16,34H2,1-2H3,(H,38,39)(H,40,41). The normalized spacial score (nSPS) is 15.7. The molecule has 0 spiro atoms. The predicted octanol–water partition coefficient (Wildman–Crippen LogP) is 5.24. The highest BCUT2D eigenvalue weighted by Gasteiger charge is 2.33. The molecule has 1 aromatic heterocycles. The molecule has 4 rings (SSSR count). The van der Waals surface area contributed by atoms with Crippen molar-refractivity contribution in [3.63, 3.8) is 0 Å². The summed E-state index contributed by atoms with van der Waals surface area (Å²) in [5.41, 5.74) is 7.84. The third kappa shape index (κ3) is 7.63. The lowest BCUT2D eigenvalue weighted by Gasteiger charge is -2.33. The predicted molar refractivity (Wildman–Crippen MR) is 152 cm³/mol. The number of carboxylic acid groups (broad SMARTS) is 2. The molecular weight excluding hydrogens is 564 g/mol. The number of pyridine rings is 1. The van der Waals surface area contributed by atoms with E-state index in [2.05, 4.69) is 4.98 Å². The summed E-state index contributed by atoms with van der Waals surface area (Å²) < 4.78 is 40.5. The maximum Gasteiger partial charge on any atom is 0.344 e. The van der Waals surface area contributed by atoms with Crippen LogP contribution in [0.15, 0.2) is 48.5 Å². The minimum Gasteiger partial charge on any atom is -0.480 e. The maximum absolute atomic E-state index is 14.9. The van der Waals surface area contributed by atoms with Gasteiger partial charge in [-0.2, -0.15) is 4.98 Å². The van der Waals surface area contributed by atoms with Gasteiger partial charge in [0.15, 0.2) is 17.7 Å². The van der Waals surface area contributed by atoms with Crippen molar-refractivity contribution >= 4 is 17.8 Å². The summed E-state index contributed by atoms with van der Waals surface area (Å²) in [4.78, 5) is 42.2. The Morgan fingerprint density at radius 3 is 2.44 bits per heavy atom. The van der Waals surface area contributed by atoms with E-state index in [1.807, 2.05) is 6.07 Å². The number of hydrogen-bond donors (Lipinski definition) is 3. The quantitative estimate of drug-likeness (QED) is 0.270. The monoisotopic (exact) mass is 597 g/mol. The molecule has 1 amide bonds. The number of rotatable bonds is 11. The van der Waals surface area contributed by atoms with Crippen molar-refractivity contribution in [1.82, 2.24) is 9.88 Å². The number of carboxylic acids is 2. The molecule has 2 atom stereocenters. The number of benzene rings is 2. The summed E-state index contributed by atoms with van der Waals surface area (Å²) in [7, 11) is 0. The Labute approximate surface area is 247 Å². The fraction of sp³-hybridized carbons (Fsp3) is 0.355. The Balaban J connectivity index is 1.76. The van der Waals surface area contributed by atoms with E-state index in [0.29, 0.717) is 36.5 Å². The Bertz CT molecular complexity index is 1510. The highest BCUT2D eigenvalue weighted by Crippen LogP contribution is 2.33. The van der Waals surface area contributed by atoms with E-state index in [9.17, 15) is 33.4 Å². The molecule has 43 heavy (non-hydrogen) atoms. The van der Waals surface area contributed by atoms with Crippen molar-refractivity contribution in [1.29, 1.82) is 0 Å². The summed E-state index contributed by atoms with van der Waals surface area (Å²) in [6, 6.07) is 11.1. The number of ether oxygens (including phenoxy) is 2. The number of carbonyl (C=O) groups is 3. The van der Waals surface area contributed by atoms with Gasteiger partial charge in [-0.25, -0.2) is 18.4 Å². The van der Waals surface area contributed by atoms with Crippen molar-refractivity contribution in [2.75, 3.05) is 6.54 Å². The van der Waals surface area contributed by atoms with E-state index in [1.165, 1.54) is 17.0 Å². The second-order valence-corrected chi connectivity index (χ2v) is 10.7. The lowest BCUT2D eigenvalue weighted by molar-refractivity contribution is -0.146. The van der Waals surface area contributed by atoms with Crippen LogP contribution in [-0.2, 0) is 16.1 Å². The Morgan fingerprint density at radius 2 is 1.77 bits per heavy atom. The molecule has 0 radical (unpaired) electrons. The topological polar surface area (TPSA) is 152 Å². The smallest absolute Gasteiger partial charge is 0.344 e. The number of halogens is 2. The van der Waals surface area contributed by atoms with Crippen molar-refractivity contribution in [3.05, 3.63) is 71.3 Å². The largest absolute Gasteiger partial charge is 0.480 e. The second kappa shape index (κ2) is 13.6. The summed E-state index contributed by atoms with van der Waals surface area (Å²) in [6.45, 7) is 4.03. The molecule has 4 N–H and O–H groups in total. The van der Waals surface area contributed by atoms with Crippen LogP contribution in [0.5, 0.6) is 17.5 Å². The van der Waals surface area contributed by atoms with E-state index < -0.39 is 53.4 Å². The van der Waals surface area contributed by atoms with E-state index in [1.54, 1.807) is 38.1 Å². The SMILES string of the molecule is CC(C)CC(Oc1nc(Oc2cc(C(=O)N3CCCCC3C(=O)O)cc(-c3cccc(CN)c3)c2)c(F)cc1F)C(=O)O. The van der Waals surface area contributed by atoms with Gasteiger partial charge in [0.05, 0.1) is 0 Å². The van der Waals surface area contributed by atoms with Crippen molar-refractivity contribution < 1.29 is 42.9 Å². The van der Waals surface area contributed by atoms with Gasteiger partial charge in [-0.15, -0.1) is 0 Å². The number of piperidine rings is 1. The van der Waals surface area contributed by atoms with E-state index in [-0.39, 0.29) is 36.7 Å². The lowest BCUT2D eigenvalue weighted by Crippen LogP contribution is -2.48. The number of amides is 1. The van der Waals surface area contributed by atoms with Gasteiger partial charge in [0.25, 0.3) is 17.7 Å². The Kier molecular flexibility index (Phi) is 9.92. The highest BCUT2D eigenvalue weighted by atomic mass is 19.1. The van der Waals surface area contributed by atoms with Crippen LogP contribution in [0, 0.1) is 17.6 Å². The van der Waals surface area contributed by atoms with Crippen molar-refractivity contribution in [3.8, 4) is 28.6 Å². The van der Waals surface area contributed by atoms with Gasteiger partial charge in [0.1, 0.15) is 11.8 Å². The second-order valence-electron chi connectivity index (χ2n) is 10.7. The zero-order valence-corrected chi connectivity index (χ0v) is 23.8. The van der Waals surface area contributed by atoms with Gasteiger partial charge >= 0.3 is 11.9 Å². The molecule has 12 heteroatoms. The third-order valence-electron chi connectivity index (χ3n) is 6.99. The molecule has 228 valence electrons. The van der Waals surface area contributed by atoms with Crippen LogP contribution in [0.4, 0.5) is 8.78 Å². The zero-order chi connectivity index (χ0) is 31.3. The molecule has 1 fully saturated rings.